The summed E-state index contributed by atoms with van der Waals surface area (Å²) in [5, 5.41) is 3.82. The van der Waals surface area contributed by atoms with Crippen LogP contribution < -0.4 is 14.8 Å². The highest BCUT2D eigenvalue weighted by Crippen LogP contribution is 2.45. The lowest BCUT2D eigenvalue weighted by molar-refractivity contribution is 0.102. The lowest BCUT2D eigenvalue weighted by atomic mass is 9.72. The van der Waals surface area contributed by atoms with E-state index in [1.807, 2.05) is 42.6 Å². The Labute approximate surface area is 205 Å². The van der Waals surface area contributed by atoms with E-state index in [0.717, 1.165) is 35.4 Å². The van der Waals surface area contributed by atoms with Gasteiger partial charge in [-0.05, 0) is 53.9 Å². The number of aliphatic imine (C=N–C) groups is 1. The summed E-state index contributed by atoms with van der Waals surface area (Å²) in [5.41, 5.74) is 3.65. The standard InChI is InChI=1S/C28H32N2O3S/c1-28(2,3)19-11-13-21-24(15-19)34-27(29-17-18-9-7-6-8-10-18)25(21)26(31)30-22-14-12-20(32-4)16-23(22)33-5/h6-10,12,14,16-17,19H,11,13,15H2,1-5H3,(H,30,31)/b29-17-. The maximum atomic E-state index is 13.6. The normalized spacial score (nSPS) is 15.7. The summed E-state index contributed by atoms with van der Waals surface area (Å²) in [4.78, 5) is 19.7. The first-order chi connectivity index (χ1) is 16.3. The molecule has 1 aliphatic carbocycles. The minimum atomic E-state index is -0.157. The molecule has 0 spiro atoms. The molecular formula is C28H32N2O3S. The van der Waals surface area contributed by atoms with Crippen LogP contribution in [0.2, 0.25) is 0 Å². The van der Waals surface area contributed by atoms with Gasteiger partial charge in [-0.25, -0.2) is 4.99 Å². The molecule has 1 aliphatic rings. The summed E-state index contributed by atoms with van der Waals surface area (Å²) in [6.07, 6.45) is 4.78. The zero-order valence-electron chi connectivity index (χ0n) is 20.5. The molecule has 0 bridgehead atoms. The Morgan fingerprint density at radius 3 is 2.56 bits per heavy atom. The van der Waals surface area contributed by atoms with Crippen LogP contribution >= 0.6 is 11.3 Å². The molecule has 1 aromatic heterocycles. The van der Waals surface area contributed by atoms with Gasteiger partial charge in [0, 0.05) is 17.2 Å². The highest BCUT2D eigenvalue weighted by atomic mass is 32.1. The van der Waals surface area contributed by atoms with E-state index in [2.05, 4.69) is 26.1 Å². The monoisotopic (exact) mass is 476 g/mol. The number of anilines is 1. The van der Waals surface area contributed by atoms with Crippen molar-refractivity contribution in [1.82, 2.24) is 0 Å². The Morgan fingerprint density at radius 2 is 1.88 bits per heavy atom. The number of amides is 1. The molecule has 0 radical (unpaired) electrons. The van der Waals surface area contributed by atoms with Gasteiger partial charge in [0.25, 0.3) is 5.91 Å². The third kappa shape index (κ3) is 5.17. The number of nitrogens with zero attached hydrogens (tertiary/aromatic N) is 1. The summed E-state index contributed by atoms with van der Waals surface area (Å²) in [6, 6.07) is 15.3. The maximum absolute atomic E-state index is 13.6. The Morgan fingerprint density at radius 1 is 1.12 bits per heavy atom. The number of ether oxygens (including phenoxy) is 2. The summed E-state index contributed by atoms with van der Waals surface area (Å²) in [7, 11) is 3.19. The van der Waals surface area contributed by atoms with Crippen LogP contribution in [0, 0.1) is 11.3 Å². The molecule has 0 saturated carbocycles. The molecule has 0 aliphatic heterocycles. The van der Waals surface area contributed by atoms with Gasteiger partial charge in [0.1, 0.15) is 16.5 Å². The predicted molar refractivity (Wildman–Crippen MR) is 140 cm³/mol. The van der Waals surface area contributed by atoms with Crippen LogP contribution in [0.25, 0.3) is 0 Å². The van der Waals surface area contributed by atoms with Crippen LogP contribution in [0.1, 0.15) is 53.6 Å². The van der Waals surface area contributed by atoms with Gasteiger partial charge < -0.3 is 14.8 Å². The second kappa shape index (κ2) is 10.0. The average Bonchev–Trinajstić information content (AvgIpc) is 3.21. The Hall–Kier alpha value is -3.12. The van der Waals surface area contributed by atoms with E-state index in [0.29, 0.717) is 28.7 Å². The highest BCUT2D eigenvalue weighted by Gasteiger charge is 2.33. The number of fused-ring (bicyclic) bond motifs is 1. The molecule has 5 nitrogen and oxygen atoms in total. The third-order valence-electron chi connectivity index (χ3n) is 6.49. The number of thiophene rings is 1. The van der Waals surface area contributed by atoms with Crippen LogP contribution in [0.5, 0.6) is 11.5 Å². The first-order valence-corrected chi connectivity index (χ1v) is 12.4. The summed E-state index contributed by atoms with van der Waals surface area (Å²) >= 11 is 1.65. The Balaban J connectivity index is 1.71. The molecular weight excluding hydrogens is 444 g/mol. The van der Waals surface area contributed by atoms with Crippen molar-refractivity contribution in [3.63, 3.8) is 0 Å². The molecule has 3 aromatic rings. The SMILES string of the molecule is COc1ccc(NC(=O)c2c(/N=C\c3ccccc3)sc3c2CCC(C(C)(C)C)C3)c(OC)c1. The topological polar surface area (TPSA) is 59.9 Å². The second-order valence-electron chi connectivity index (χ2n) is 9.68. The largest absolute Gasteiger partial charge is 0.497 e. The third-order valence-corrected chi connectivity index (χ3v) is 7.65. The minimum absolute atomic E-state index is 0.157. The number of hydrogen-bond acceptors (Lipinski definition) is 5. The van der Waals surface area contributed by atoms with Crippen molar-refractivity contribution in [2.45, 2.75) is 40.0 Å². The number of nitrogens with one attached hydrogen (secondary N) is 1. The maximum Gasteiger partial charge on any atom is 0.259 e. The lowest BCUT2D eigenvalue weighted by Gasteiger charge is -2.33. The number of rotatable bonds is 6. The van der Waals surface area contributed by atoms with E-state index >= 15 is 0 Å². The number of carbonyl (C=O) groups is 1. The van der Waals surface area contributed by atoms with Crippen LogP contribution in [0.15, 0.2) is 53.5 Å². The summed E-state index contributed by atoms with van der Waals surface area (Å²) in [6.45, 7) is 6.90. The average molecular weight is 477 g/mol. The first kappa shape index (κ1) is 24.0. The van der Waals surface area contributed by atoms with E-state index < -0.39 is 0 Å². The Bertz CT molecular complexity index is 1190. The van der Waals surface area contributed by atoms with Crippen molar-refractivity contribution in [3.05, 3.63) is 70.1 Å². The zero-order chi connectivity index (χ0) is 24.3. The number of carbonyl (C=O) groups excluding carboxylic acids is 1. The van der Waals surface area contributed by atoms with Gasteiger partial charge in [0.15, 0.2) is 0 Å². The van der Waals surface area contributed by atoms with E-state index in [4.69, 9.17) is 14.5 Å². The van der Waals surface area contributed by atoms with Gasteiger partial charge in [0.05, 0.1) is 25.5 Å². The van der Waals surface area contributed by atoms with Crippen LogP contribution in [0.4, 0.5) is 10.7 Å². The fraction of sp³-hybridized carbons (Fsp3) is 0.357. The fourth-order valence-corrected chi connectivity index (χ4v) is 5.66. The second-order valence-corrected chi connectivity index (χ2v) is 10.8. The zero-order valence-corrected chi connectivity index (χ0v) is 21.3. The van der Waals surface area contributed by atoms with Crippen molar-refractivity contribution in [1.29, 1.82) is 0 Å². The van der Waals surface area contributed by atoms with Crippen molar-refractivity contribution in [3.8, 4) is 11.5 Å². The quantitative estimate of drug-likeness (QED) is 0.393. The van der Waals surface area contributed by atoms with E-state index in [-0.39, 0.29) is 11.3 Å². The molecule has 34 heavy (non-hydrogen) atoms. The lowest BCUT2D eigenvalue weighted by Crippen LogP contribution is -2.27. The number of benzene rings is 2. The molecule has 1 N–H and O–H groups in total. The smallest absolute Gasteiger partial charge is 0.259 e. The van der Waals surface area contributed by atoms with E-state index in [1.165, 1.54) is 4.88 Å². The van der Waals surface area contributed by atoms with Gasteiger partial charge in [-0.2, -0.15) is 0 Å². The van der Waals surface area contributed by atoms with Crippen molar-refractivity contribution < 1.29 is 14.3 Å². The summed E-state index contributed by atoms with van der Waals surface area (Å²) in [5.74, 6) is 1.65. The molecule has 1 unspecified atom stereocenters. The van der Waals surface area contributed by atoms with E-state index in [9.17, 15) is 4.79 Å². The number of hydrogen-bond donors (Lipinski definition) is 1. The van der Waals surface area contributed by atoms with Gasteiger partial charge in [0.2, 0.25) is 0 Å². The van der Waals surface area contributed by atoms with Gasteiger partial charge in [-0.3, -0.25) is 4.79 Å². The highest BCUT2D eigenvalue weighted by molar-refractivity contribution is 7.16. The molecule has 1 heterocycles. The van der Waals surface area contributed by atoms with E-state index in [1.54, 1.807) is 37.7 Å². The molecule has 4 rings (SSSR count). The van der Waals surface area contributed by atoms with Crippen molar-refractivity contribution >= 4 is 34.1 Å². The number of methoxy groups -OCH3 is 2. The van der Waals surface area contributed by atoms with Crippen molar-refractivity contribution in [2.75, 3.05) is 19.5 Å². The molecule has 0 fully saturated rings. The first-order valence-electron chi connectivity index (χ1n) is 11.6. The molecule has 178 valence electrons. The minimum Gasteiger partial charge on any atom is -0.497 e. The van der Waals surface area contributed by atoms with Gasteiger partial charge in [-0.1, -0.05) is 51.1 Å². The van der Waals surface area contributed by atoms with Gasteiger partial charge >= 0.3 is 0 Å². The van der Waals surface area contributed by atoms with Crippen molar-refractivity contribution in [2.24, 2.45) is 16.3 Å². The van der Waals surface area contributed by atoms with Crippen LogP contribution in [-0.4, -0.2) is 26.3 Å². The van der Waals surface area contributed by atoms with Crippen LogP contribution in [0.3, 0.4) is 0 Å². The molecule has 2 aromatic carbocycles. The molecule has 1 atom stereocenters. The summed E-state index contributed by atoms with van der Waals surface area (Å²) < 4.78 is 10.8. The Kier molecular flexibility index (Phi) is 7.08. The molecule has 0 saturated heterocycles. The molecule has 1 amide bonds. The van der Waals surface area contributed by atoms with Gasteiger partial charge in [-0.15, -0.1) is 11.3 Å². The fourth-order valence-electron chi connectivity index (χ4n) is 4.39. The predicted octanol–water partition coefficient (Wildman–Crippen LogP) is 6.92. The van der Waals surface area contributed by atoms with Crippen LogP contribution in [-0.2, 0) is 12.8 Å². The molecule has 6 heteroatoms.